The van der Waals surface area contributed by atoms with Crippen LogP contribution in [0, 0.1) is 10.1 Å². The van der Waals surface area contributed by atoms with Gasteiger partial charge in [-0.15, -0.1) is 12.4 Å². The number of aromatic nitrogens is 1. The number of hydrogen-bond donors (Lipinski definition) is 0. The first-order valence-electron chi connectivity index (χ1n) is 7.07. The van der Waals surface area contributed by atoms with E-state index >= 15 is 0 Å². The van der Waals surface area contributed by atoms with E-state index in [4.69, 9.17) is 0 Å². The average Bonchev–Trinajstić information content (AvgIpc) is 2.91. The third-order valence-corrected chi connectivity index (χ3v) is 4.01. The molecule has 1 aliphatic rings. The van der Waals surface area contributed by atoms with Crippen LogP contribution in [-0.4, -0.2) is 15.8 Å². The van der Waals surface area contributed by atoms with Crippen LogP contribution in [0.5, 0.6) is 0 Å². The first-order valence-corrected chi connectivity index (χ1v) is 7.07. The minimum atomic E-state index is -0.488. The zero-order chi connectivity index (χ0) is 16.0. The number of pyridine rings is 1. The van der Waals surface area contributed by atoms with E-state index in [9.17, 15) is 14.9 Å². The van der Waals surface area contributed by atoms with Crippen molar-refractivity contribution in [1.82, 2.24) is 4.98 Å². The standard InChI is InChI=1S/C17H11N3O3.ClH/c21-17-15-9-14(20(22)23)4-3-12(15)10-19(17)13-5-6-16-11(8-13)2-1-7-18-16;/h1-9H,10H2;1H. The maximum Gasteiger partial charge on any atom is 0.270 e. The summed E-state index contributed by atoms with van der Waals surface area (Å²) in [5.74, 6) is -0.216. The maximum absolute atomic E-state index is 12.6. The number of carbonyl (C=O) groups is 1. The number of rotatable bonds is 2. The van der Waals surface area contributed by atoms with E-state index in [0.29, 0.717) is 12.1 Å². The molecule has 1 aromatic heterocycles. The highest BCUT2D eigenvalue weighted by Crippen LogP contribution is 2.31. The molecule has 1 aliphatic heterocycles. The van der Waals surface area contributed by atoms with Gasteiger partial charge in [0, 0.05) is 29.4 Å². The van der Waals surface area contributed by atoms with Crippen molar-refractivity contribution in [2.75, 3.05) is 4.90 Å². The van der Waals surface area contributed by atoms with E-state index in [1.165, 1.54) is 12.1 Å². The number of nitrogens with zero attached hydrogens (tertiary/aromatic N) is 3. The highest BCUT2D eigenvalue weighted by atomic mass is 35.5. The van der Waals surface area contributed by atoms with Gasteiger partial charge in [0.15, 0.2) is 0 Å². The van der Waals surface area contributed by atoms with Crippen LogP contribution in [0.1, 0.15) is 15.9 Å². The molecule has 0 unspecified atom stereocenters. The number of anilines is 1. The number of fused-ring (bicyclic) bond motifs is 2. The molecule has 2 heterocycles. The Bertz CT molecular complexity index is 974. The van der Waals surface area contributed by atoms with E-state index in [2.05, 4.69) is 4.98 Å². The highest BCUT2D eigenvalue weighted by molar-refractivity contribution is 6.11. The van der Waals surface area contributed by atoms with Gasteiger partial charge in [-0.1, -0.05) is 6.07 Å². The summed E-state index contributed by atoms with van der Waals surface area (Å²) in [5.41, 5.74) is 2.74. The van der Waals surface area contributed by atoms with Gasteiger partial charge in [0.2, 0.25) is 0 Å². The zero-order valence-corrected chi connectivity index (χ0v) is 13.2. The van der Waals surface area contributed by atoms with Crippen LogP contribution in [0.25, 0.3) is 10.9 Å². The van der Waals surface area contributed by atoms with Gasteiger partial charge in [-0.2, -0.15) is 0 Å². The van der Waals surface area contributed by atoms with Crippen LogP contribution in [-0.2, 0) is 6.54 Å². The summed E-state index contributed by atoms with van der Waals surface area (Å²) >= 11 is 0. The summed E-state index contributed by atoms with van der Waals surface area (Å²) in [7, 11) is 0. The molecule has 4 rings (SSSR count). The topological polar surface area (TPSA) is 76.3 Å². The van der Waals surface area contributed by atoms with E-state index in [1.807, 2.05) is 30.3 Å². The monoisotopic (exact) mass is 341 g/mol. The molecule has 0 saturated carbocycles. The van der Waals surface area contributed by atoms with E-state index in [1.54, 1.807) is 17.2 Å². The van der Waals surface area contributed by atoms with Crippen molar-refractivity contribution in [3.8, 4) is 0 Å². The van der Waals surface area contributed by atoms with Crippen LogP contribution in [0.4, 0.5) is 11.4 Å². The predicted octanol–water partition coefficient (Wildman–Crippen LogP) is 3.73. The molecule has 0 saturated heterocycles. The fraction of sp³-hybridized carbons (Fsp3) is 0.0588. The minimum absolute atomic E-state index is 0. The van der Waals surface area contributed by atoms with Gasteiger partial charge >= 0.3 is 0 Å². The number of amides is 1. The normalized spacial score (nSPS) is 12.8. The van der Waals surface area contributed by atoms with Gasteiger partial charge < -0.3 is 4.90 Å². The SMILES string of the molecule is Cl.O=C1c2cc([N+](=O)[O-])ccc2CN1c1ccc2ncccc2c1. The summed E-state index contributed by atoms with van der Waals surface area (Å²) in [6.07, 6.45) is 1.72. The average molecular weight is 342 g/mol. The van der Waals surface area contributed by atoms with E-state index in [0.717, 1.165) is 22.2 Å². The lowest BCUT2D eigenvalue weighted by Crippen LogP contribution is -2.22. The quantitative estimate of drug-likeness (QED) is 0.525. The third-order valence-electron chi connectivity index (χ3n) is 4.01. The maximum atomic E-state index is 12.6. The summed E-state index contributed by atoms with van der Waals surface area (Å²) < 4.78 is 0. The number of nitro groups is 1. The van der Waals surface area contributed by atoms with Crippen molar-refractivity contribution in [2.45, 2.75) is 6.54 Å². The number of carbonyl (C=O) groups excluding carboxylic acids is 1. The molecule has 0 fully saturated rings. The molecule has 2 aromatic carbocycles. The molecule has 120 valence electrons. The summed E-state index contributed by atoms with van der Waals surface area (Å²) in [5, 5.41) is 11.8. The number of hydrogen-bond acceptors (Lipinski definition) is 4. The molecule has 0 radical (unpaired) electrons. The van der Waals surface area contributed by atoms with Crippen LogP contribution in [0.15, 0.2) is 54.7 Å². The summed E-state index contributed by atoms with van der Waals surface area (Å²) in [6.45, 7) is 0.415. The van der Waals surface area contributed by atoms with Gasteiger partial charge in [-0.25, -0.2) is 0 Å². The molecule has 0 aliphatic carbocycles. The lowest BCUT2D eigenvalue weighted by molar-refractivity contribution is -0.384. The van der Waals surface area contributed by atoms with Crippen molar-refractivity contribution in [3.05, 3.63) is 76.0 Å². The van der Waals surface area contributed by atoms with E-state index < -0.39 is 4.92 Å². The molecule has 0 N–H and O–H groups in total. The molecule has 24 heavy (non-hydrogen) atoms. The number of non-ortho nitro benzene ring substituents is 1. The Labute approximate surface area is 143 Å². The molecule has 0 spiro atoms. The Balaban J connectivity index is 0.00000169. The second-order valence-corrected chi connectivity index (χ2v) is 5.37. The molecule has 6 nitrogen and oxygen atoms in total. The van der Waals surface area contributed by atoms with Crippen molar-refractivity contribution >= 4 is 40.6 Å². The fourth-order valence-corrected chi connectivity index (χ4v) is 2.84. The van der Waals surface area contributed by atoms with Gasteiger partial charge in [0.25, 0.3) is 11.6 Å². The van der Waals surface area contributed by atoms with Crippen molar-refractivity contribution in [3.63, 3.8) is 0 Å². The first kappa shape index (κ1) is 15.9. The highest BCUT2D eigenvalue weighted by Gasteiger charge is 2.30. The summed E-state index contributed by atoms with van der Waals surface area (Å²) in [4.78, 5) is 28.9. The number of nitro benzene ring substituents is 1. The predicted molar refractivity (Wildman–Crippen MR) is 92.6 cm³/mol. The molecule has 7 heteroatoms. The Morgan fingerprint density at radius 3 is 2.75 bits per heavy atom. The Morgan fingerprint density at radius 1 is 1.12 bits per heavy atom. The van der Waals surface area contributed by atoms with Gasteiger partial charge in [0.1, 0.15) is 0 Å². The Kier molecular flexibility index (Phi) is 3.91. The van der Waals surface area contributed by atoms with Crippen molar-refractivity contribution in [2.24, 2.45) is 0 Å². The largest absolute Gasteiger partial charge is 0.304 e. The lowest BCUT2D eigenvalue weighted by Gasteiger charge is -2.16. The zero-order valence-electron chi connectivity index (χ0n) is 12.4. The Hall–Kier alpha value is -2.99. The van der Waals surface area contributed by atoms with Crippen molar-refractivity contribution in [1.29, 1.82) is 0 Å². The van der Waals surface area contributed by atoms with Gasteiger partial charge in [-0.3, -0.25) is 19.9 Å². The summed E-state index contributed by atoms with van der Waals surface area (Å²) in [6, 6.07) is 13.8. The Morgan fingerprint density at radius 2 is 1.96 bits per heavy atom. The van der Waals surface area contributed by atoms with Gasteiger partial charge in [0.05, 0.1) is 22.5 Å². The smallest absolute Gasteiger partial charge is 0.270 e. The minimum Gasteiger partial charge on any atom is -0.304 e. The third kappa shape index (κ3) is 2.47. The molecule has 3 aromatic rings. The fourth-order valence-electron chi connectivity index (χ4n) is 2.84. The van der Waals surface area contributed by atoms with E-state index in [-0.39, 0.29) is 24.0 Å². The number of benzene rings is 2. The molecule has 0 bridgehead atoms. The second kappa shape index (κ2) is 5.90. The molecular formula is C17H12ClN3O3. The van der Waals surface area contributed by atoms with Crippen LogP contribution in [0.3, 0.4) is 0 Å². The second-order valence-electron chi connectivity index (χ2n) is 5.37. The first-order chi connectivity index (χ1) is 11.1. The molecule has 1 amide bonds. The lowest BCUT2D eigenvalue weighted by atomic mass is 10.1. The molecule has 0 atom stereocenters. The van der Waals surface area contributed by atoms with Crippen molar-refractivity contribution < 1.29 is 9.72 Å². The number of halogens is 1. The van der Waals surface area contributed by atoms with Gasteiger partial charge in [-0.05, 0) is 35.9 Å². The van der Waals surface area contributed by atoms with Crippen LogP contribution < -0.4 is 4.90 Å². The molecular weight excluding hydrogens is 330 g/mol. The van der Waals surface area contributed by atoms with Crippen LogP contribution >= 0.6 is 12.4 Å². The van der Waals surface area contributed by atoms with Crippen LogP contribution in [0.2, 0.25) is 0 Å².